The van der Waals surface area contributed by atoms with Crippen LogP contribution in [0, 0.1) is 18.3 Å². The second-order valence-electron chi connectivity index (χ2n) is 3.57. The summed E-state index contributed by atoms with van der Waals surface area (Å²) in [7, 11) is 0. The Morgan fingerprint density at radius 2 is 2.28 bits per heavy atom. The van der Waals surface area contributed by atoms with Crippen molar-refractivity contribution in [3.05, 3.63) is 28.6 Å². The fraction of sp³-hybridized carbons (Fsp3) is 0.417. The number of aromatic nitrogens is 1. The lowest BCUT2D eigenvalue weighted by molar-refractivity contribution is -0.142. The summed E-state index contributed by atoms with van der Waals surface area (Å²) in [5, 5.41) is 8.92. The van der Waals surface area contributed by atoms with E-state index in [0.717, 1.165) is 0 Å². The molecule has 0 atom stereocenters. The number of ether oxygens (including phenoxy) is 1. The van der Waals surface area contributed by atoms with Crippen LogP contribution in [-0.2, 0) is 16.0 Å². The van der Waals surface area contributed by atoms with E-state index in [1.165, 1.54) is 13.0 Å². The first-order chi connectivity index (χ1) is 8.49. The quantitative estimate of drug-likeness (QED) is 0.773. The van der Waals surface area contributed by atoms with E-state index in [0.29, 0.717) is 5.69 Å². The number of carbonyl (C=O) groups excluding carboxylic acids is 1. The van der Waals surface area contributed by atoms with Crippen molar-refractivity contribution >= 4 is 5.97 Å². The Balaban J connectivity index is 3.22. The Kier molecular flexibility index (Phi) is 4.72. The standard InChI is InChI=1S/C12H12F2N2O2/c1-3-18-10(17)5-9-8(6-15)4-7(2)16-11(9)12(13)14/h4,12H,3,5H2,1-2H3. The Morgan fingerprint density at radius 3 is 2.78 bits per heavy atom. The molecule has 6 heteroatoms. The van der Waals surface area contributed by atoms with Gasteiger partial charge in [0.05, 0.1) is 24.7 Å². The first-order valence-electron chi connectivity index (χ1n) is 5.33. The van der Waals surface area contributed by atoms with Crippen molar-refractivity contribution in [1.29, 1.82) is 5.26 Å². The molecule has 1 rings (SSSR count). The molecule has 4 nitrogen and oxygen atoms in total. The number of nitrogens with zero attached hydrogens (tertiary/aromatic N) is 2. The van der Waals surface area contributed by atoms with E-state index >= 15 is 0 Å². The maximum atomic E-state index is 12.8. The van der Waals surface area contributed by atoms with Crippen LogP contribution in [0.1, 0.15) is 35.9 Å². The lowest BCUT2D eigenvalue weighted by Gasteiger charge is -2.10. The fourth-order valence-electron chi connectivity index (χ4n) is 1.55. The number of nitriles is 1. The molecule has 18 heavy (non-hydrogen) atoms. The van der Waals surface area contributed by atoms with Crippen LogP contribution in [0.25, 0.3) is 0 Å². The van der Waals surface area contributed by atoms with Gasteiger partial charge in [0.15, 0.2) is 0 Å². The molecular formula is C12H12F2N2O2. The van der Waals surface area contributed by atoms with Gasteiger partial charge in [-0.25, -0.2) is 8.78 Å². The third-order valence-electron chi connectivity index (χ3n) is 2.24. The molecule has 1 heterocycles. The van der Waals surface area contributed by atoms with E-state index in [-0.39, 0.29) is 24.2 Å². The summed E-state index contributed by atoms with van der Waals surface area (Å²) < 4.78 is 30.4. The van der Waals surface area contributed by atoms with Gasteiger partial charge in [0.25, 0.3) is 6.43 Å². The monoisotopic (exact) mass is 254 g/mol. The minimum absolute atomic E-state index is 0.0332. The minimum Gasteiger partial charge on any atom is -0.466 e. The summed E-state index contributed by atoms with van der Waals surface area (Å²) in [4.78, 5) is 15.0. The molecule has 0 saturated carbocycles. The molecule has 0 amide bonds. The van der Waals surface area contributed by atoms with E-state index in [1.807, 2.05) is 0 Å². The van der Waals surface area contributed by atoms with Crippen molar-refractivity contribution in [3.8, 4) is 6.07 Å². The van der Waals surface area contributed by atoms with E-state index in [9.17, 15) is 13.6 Å². The van der Waals surface area contributed by atoms with Gasteiger partial charge in [-0.3, -0.25) is 9.78 Å². The van der Waals surface area contributed by atoms with Crippen molar-refractivity contribution in [2.24, 2.45) is 0 Å². The maximum absolute atomic E-state index is 12.8. The molecule has 0 radical (unpaired) electrons. The van der Waals surface area contributed by atoms with E-state index in [2.05, 4.69) is 9.72 Å². The van der Waals surface area contributed by atoms with Crippen LogP contribution >= 0.6 is 0 Å². The normalized spacial score (nSPS) is 10.2. The topological polar surface area (TPSA) is 63.0 Å². The first kappa shape index (κ1) is 14.0. The lowest BCUT2D eigenvalue weighted by atomic mass is 10.0. The minimum atomic E-state index is -2.83. The van der Waals surface area contributed by atoms with Gasteiger partial charge >= 0.3 is 5.97 Å². The van der Waals surface area contributed by atoms with Crippen LogP contribution in [0.2, 0.25) is 0 Å². The lowest BCUT2D eigenvalue weighted by Crippen LogP contribution is -2.12. The molecule has 0 aliphatic carbocycles. The smallest absolute Gasteiger partial charge is 0.310 e. The van der Waals surface area contributed by atoms with Gasteiger partial charge < -0.3 is 4.74 Å². The van der Waals surface area contributed by atoms with E-state index < -0.39 is 18.1 Å². The van der Waals surface area contributed by atoms with Crippen molar-refractivity contribution in [2.75, 3.05) is 6.61 Å². The van der Waals surface area contributed by atoms with Crippen LogP contribution in [0.15, 0.2) is 6.07 Å². The Bertz CT molecular complexity index is 496. The zero-order valence-electron chi connectivity index (χ0n) is 10.0. The summed E-state index contributed by atoms with van der Waals surface area (Å²) in [6.45, 7) is 3.29. The van der Waals surface area contributed by atoms with Crippen LogP contribution in [-0.4, -0.2) is 17.6 Å². The summed E-state index contributed by atoms with van der Waals surface area (Å²) >= 11 is 0. The molecule has 0 spiro atoms. The highest BCUT2D eigenvalue weighted by molar-refractivity contribution is 5.74. The predicted octanol–water partition coefficient (Wildman–Crippen LogP) is 2.30. The molecule has 0 unspecified atom stereocenters. The second kappa shape index (κ2) is 6.05. The van der Waals surface area contributed by atoms with Gasteiger partial charge in [0.2, 0.25) is 0 Å². The number of pyridine rings is 1. The number of carbonyl (C=O) groups is 1. The highest BCUT2D eigenvalue weighted by Gasteiger charge is 2.21. The van der Waals surface area contributed by atoms with E-state index in [4.69, 9.17) is 5.26 Å². The first-order valence-corrected chi connectivity index (χ1v) is 5.33. The molecule has 0 aliphatic heterocycles. The largest absolute Gasteiger partial charge is 0.466 e. The van der Waals surface area contributed by atoms with Gasteiger partial charge in [0.1, 0.15) is 5.69 Å². The number of alkyl halides is 2. The van der Waals surface area contributed by atoms with Crippen LogP contribution in [0.5, 0.6) is 0 Å². The number of hydrogen-bond donors (Lipinski definition) is 0. The van der Waals surface area contributed by atoms with Crippen molar-refractivity contribution in [3.63, 3.8) is 0 Å². The highest BCUT2D eigenvalue weighted by Crippen LogP contribution is 2.25. The molecule has 96 valence electrons. The van der Waals surface area contributed by atoms with Crippen LogP contribution < -0.4 is 0 Å². The second-order valence-corrected chi connectivity index (χ2v) is 3.57. The zero-order valence-corrected chi connectivity index (χ0v) is 10.0. The summed E-state index contributed by atoms with van der Waals surface area (Å²) in [5.41, 5.74) is -0.239. The third-order valence-corrected chi connectivity index (χ3v) is 2.24. The van der Waals surface area contributed by atoms with Crippen molar-refractivity contribution < 1.29 is 18.3 Å². The van der Waals surface area contributed by atoms with Crippen molar-refractivity contribution in [2.45, 2.75) is 26.7 Å². The Morgan fingerprint density at radius 1 is 1.61 bits per heavy atom. The third kappa shape index (κ3) is 3.23. The van der Waals surface area contributed by atoms with Gasteiger partial charge in [0, 0.05) is 11.3 Å². The molecule has 0 aliphatic rings. The van der Waals surface area contributed by atoms with Gasteiger partial charge in [-0.15, -0.1) is 0 Å². The molecule has 1 aromatic heterocycles. The number of aryl methyl sites for hydroxylation is 1. The molecule has 0 saturated heterocycles. The van der Waals surface area contributed by atoms with E-state index in [1.54, 1.807) is 13.0 Å². The maximum Gasteiger partial charge on any atom is 0.310 e. The number of rotatable bonds is 4. The average molecular weight is 254 g/mol. The Labute approximate surface area is 103 Å². The molecule has 0 fully saturated rings. The van der Waals surface area contributed by atoms with Gasteiger partial charge in [-0.2, -0.15) is 5.26 Å². The Hall–Kier alpha value is -2.03. The zero-order chi connectivity index (χ0) is 13.7. The van der Waals surface area contributed by atoms with Crippen molar-refractivity contribution in [1.82, 2.24) is 4.98 Å². The molecule has 1 aromatic rings. The number of hydrogen-bond acceptors (Lipinski definition) is 4. The SMILES string of the molecule is CCOC(=O)Cc1c(C#N)cc(C)nc1C(F)F. The number of halogens is 2. The predicted molar refractivity (Wildman–Crippen MR) is 59.0 cm³/mol. The molecule has 0 N–H and O–H groups in total. The van der Waals surface area contributed by atoms with Crippen LogP contribution in [0.3, 0.4) is 0 Å². The molecule has 0 aromatic carbocycles. The molecule has 0 bridgehead atoms. The van der Waals surface area contributed by atoms with Crippen LogP contribution in [0.4, 0.5) is 8.78 Å². The highest BCUT2D eigenvalue weighted by atomic mass is 19.3. The van der Waals surface area contributed by atoms with Gasteiger partial charge in [-0.05, 0) is 19.9 Å². The fourth-order valence-corrected chi connectivity index (χ4v) is 1.55. The van der Waals surface area contributed by atoms with Gasteiger partial charge in [-0.1, -0.05) is 0 Å². The summed E-state index contributed by atoms with van der Waals surface area (Å²) in [6.07, 6.45) is -3.20. The summed E-state index contributed by atoms with van der Waals surface area (Å²) in [5.74, 6) is -0.651. The molecular weight excluding hydrogens is 242 g/mol. The number of esters is 1. The average Bonchev–Trinajstić information content (AvgIpc) is 2.30. The summed E-state index contributed by atoms with van der Waals surface area (Å²) in [6, 6.07) is 3.17.